The average molecular weight is 730 g/mol. The van der Waals surface area contributed by atoms with Gasteiger partial charge in [-0.05, 0) is 73.9 Å². The van der Waals surface area contributed by atoms with Gasteiger partial charge >= 0.3 is 12.0 Å². The van der Waals surface area contributed by atoms with Gasteiger partial charge in [0.05, 0.1) is 43.2 Å². The van der Waals surface area contributed by atoms with Crippen LogP contribution < -0.4 is 35.0 Å². The quantitative estimate of drug-likeness (QED) is 0.107. The number of halogens is 2. The van der Waals surface area contributed by atoms with E-state index in [1.165, 1.54) is 13.3 Å². The lowest BCUT2D eigenvalue weighted by atomic mass is 9.95. The van der Waals surface area contributed by atoms with E-state index in [9.17, 15) is 14.4 Å². The monoisotopic (exact) mass is 728 g/mol. The third-order valence-electron chi connectivity index (χ3n) is 6.68. The first-order valence-electron chi connectivity index (χ1n) is 14.5. The van der Waals surface area contributed by atoms with Crippen LogP contribution in [0.5, 0.6) is 23.0 Å². The molecule has 1 aliphatic heterocycles. The predicted molar refractivity (Wildman–Crippen MR) is 179 cm³/mol. The second-order valence-corrected chi connectivity index (χ2v) is 11.3. The molecule has 0 bridgehead atoms. The number of carbonyl (C=O) groups excluding carboxylic acids is 3. The molecule has 4 rings (SSSR count). The molecule has 3 amide bonds. The number of urea groups is 1. The zero-order chi connectivity index (χ0) is 33.9. The van der Waals surface area contributed by atoms with Crippen molar-refractivity contribution in [3.05, 3.63) is 92.1 Å². The Morgan fingerprint density at radius 1 is 1.00 bits per heavy atom. The number of nitrogens with zero attached hydrogens (tertiary/aromatic N) is 1. The summed E-state index contributed by atoms with van der Waals surface area (Å²) in [5.74, 6) is 0.293. The summed E-state index contributed by atoms with van der Waals surface area (Å²) < 4.78 is 29.0. The van der Waals surface area contributed by atoms with Gasteiger partial charge in [0.25, 0.3) is 5.91 Å². The number of hydrogen-bond donors (Lipinski definition) is 3. The Hall–Kier alpha value is -4.75. The van der Waals surface area contributed by atoms with E-state index in [-0.39, 0.29) is 30.3 Å². The minimum absolute atomic E-state index is 0.176. The minimum atomic E-state index is -0.785. The minimum Gasteiger partial charge on any atom is -0.493 e. The molecule has 0 aromatic heterocycles. The second-order valence-electron chi connectivity index (χ2n) is 9.96. The number of nitrogens with one attached hydrogen (secondary N) is 3. The number of esters is 1. The van der Waals surface area contributed by atoms with Crippen molar-refractivity contribution in [2.45, 2.75) is 33.4 Å². The van der Waals surface area contributed by atoms with Crippen LogP contribution in [0.15, 0.2) is 75.4 Å². The van der Waals surface area contributed by atoms with Gasteiger partial charge < -0.3 is 34.3 Å². The van der Waals surface area contributed by atoms with Gasteiger partial charge in [0.15, 0.2) is 29.6 Å². The number of ether oxygens (including phenoxy) is 5. The number of hydrogen-bond acceptors (Lipinski definition) is 9. The molecule has 0 saturated heterocycles. The lowest BCUT2D eigenvalue weighted by Gasteiger charge is -2.28. The van der Waals surface area contributed by atoms with Gasteiger partial charge in [-0.1, -0.05) is 45.7 Å². The number of methoxy groups -OCH3 is 1. The van der Waals surface area contributed by atoms with Gasteiger partial charge in [-0.2, -0.15) is 5.10 Å². The van der Waals surface area contributed by atoms with Gasteiger partial charge in [-0.15, -0.1) is 0 Å². The van der Waals surface area contributed by atoms with Crippen molar-refractivity contribution in [1.29, 1.82) is 0 Å². The maximum absolute atomic E-state index is 12.6. The fourth-order valence-corrected chi connectivity index (χ4v) is 5.10. The van der Waals surface area contributed by atoms with E-state index in [0.717, 1.165) is 10.0 Å². The number of hydrazone groups is 1. The van der Waals surface area contributed by atoms with E-state index in [1.807, 2.05) is 31.2 Å². The Morgan fingerprint density at radius 2 is 1.77 bits per heavy atom. The third kappa shape index (κ3) is 9.39. The smallest absolute Gasteiger partial charge is 0.338 e. The van der Waals surface area contributed by atoms with Crippen LogP contribution in [0.4, 0.5) is 4.79 Å². The normalized spacial score (nSPS) is 14.3. The molecule has 3 N–H and O–H groups in total. The summed E-state index contributed by atoms with van der Waals surface area (Å²) in [4.78, 5) is 37.3. The van der Waals surface area contributed by atoms with Crippen LogP contribution in [-0.2, 0) is 20.9 Å². The van der Waals surface area contributed by atoms with Crippen molar-refractivity contribution in [3.8, 4) is 23.0 Å². The van der Waals surface area contributed by atoms with Gasteiger partial charge in [0.1, 0.15) is 6.61 Å². The molecule has 0 radical (unpaired) electrons. The summed E-state index contributed by atoms with van der Waals surface area (Å²) in [6.07, 6.45) is 1.42. The maximum Gasteiger partial charge on any atom is 0.338 e. The van der Waals surface area contributed by atoms with Crippen LogP contribution in [0.3, 0.4) is 0 Å². The lowest BCUT2D eigenvalue weighted by molar-refractivity contribution is -0.139. The summed E-state index contributed by atoms with van der Waals surface area (Å²) in [6, 6.07) is 14.7. The highest BCUT2D eigenvalue weighted by Gasteiger charge is 2.32. The fourth-order valence-electron chi connectivity index (χ4n) is 4.56. The molecule has 14 heteroatoms. The molecule has 12 nitrogen and oxygen atoms in total. The summed E-state index contributed by atoms with van der Waals surface area (Å²) >= 11 is 9.94. The molecule has 0 saturated carbocycles. The number of allylic oxidation sites excluding steroid dienone is 1. The highest BCUT2D eigenvalue weighted by atomic mass is 79.9. The molecule has 1 heterocycles. The van der Waals surface area contributed by atoms with Gasteiger partial charge in [0.2, 0.25) is 0 Å². The van der Waals surface area contributed by atoms with Crippen molar-refractivity contribution < 1.29 is 38.1 Å². The highest BCUT2D eigenvalue weighted by Crippen LogP contribution is 2.37. The van der Waals surface area contributed by atoms with Crippen molar-refractivity contribution in [3.63, 3.8) is 0 Å². The van der Waals surface area contributed by atoms with Crippen LogP contribution in [0.1, 0.15) is 43.5 Å². The van der Waals surface area contributed by atoms with Crippen molar-refractivity contribution in [2.24, 2.45) is 5.10 Å². The topological polar surface area (TPSA) is 146 Å². The number of benzene rings is 3. The van der Waals surface area contributed by atoms with Gasteiger partial charge in [-0.3, -0.25) is 4.79 Å². The molecule has 3 aromatic carbocycles. The number of carbonyl (C=O) groups is 3. The van der Waals surface area contributed by atoms with E-state index in [4.69, 9.17) is 35.3 Å². The maximum atomic E-state index is 12.6. The largest absolute Gasteiger partial charge is 0.493 e. The molecule has 1 aliphatic rings. The molecule has 0 unspecified atom stereocenters. The molecule has 47 heavy (non-hydrogen) atoms. The fraction of sp³-hybridized carbons (Fsp3) is 0.273. The zero-order valence-electron chi connectivity index (χ0n) is 26.1. The first-order valence-corrected chi connectivity index (χ1v) is 15.7. The Morgan fingerprint density at radius 3 is 2.47 bits per heavy atom. The van der Waals surface area contributed by atoms with Crippen LogP contribution >= 0.6 is 27.5 Å². The predicted octanol–water partition coefficient (Wildman–Crippen LogP) is 5.81. The highest BCUT2D eigenvalue weighted by molar-refractivity contribution is 9.10. The first kappa shape index (κ1) is 35.1. The molecule has 248 valence electrons. The lowest BCUT2D eigenvalue weighted by Crippen LogP contribution is -2.45. The Bertz CT molecular complexity index is 1680. The zero-order valence-corrected chi connectivity index (χ0v) is 28.5. The molecule has 0 spiro atoms. The molecule has 0 aliphatic carbocycles. The first-order chi connectivity index (χ1) is 22.6. The number of rotatable bonds is 14. The SMILES string of the molecule is CCOC(=O)C1=C(C)NC(=O)N[C@H]1c1ccc(OCC(=O)N/N=C\c2cc(Cl)c(OCc3ccc(Br)cc3)c(OCC)c2)c(OC)c1. The second kappa shape index (κ2) is 16.7. The van der Waals surface area contributed by atoms with Crippen molar-refractivity contribution in [2.75, 3.05) is 26.9 Å². The number of amides is 3. The van der Waals surface area contributed by atoms with Gasteiger partial charge in [0, 0.05) is 10.2 Å². The molecular weight excluding hydrogens is 696 g/mol. The third-order valence-corrected chi connectivity index (χ3v) is 7.48. The van der Waals surface area contributed by atoms with Crippen LogP contribution in [-0.4, -0.2) is 51.1 Å². The molecule has 0 fully saturated rings. The van der Waals surface area contributed by atoms with Crippen molar-refractivity contribution in [1.82, 2.24) is 16.1 Å². The van der Waals surface area contributed by atoms with Crippen LogP contribution in [0.25, 0.3) is 0 Å². The van der Waals surface area contributed by atoms with E-state index < -0.39 is 23.9 Å². The van der Waals surface area contributed by atoms with Gasteiger partial charge in [-0.25, -0.2) is 15.0 Å². The summed E-state index contributed by atoms with van der Waals surface area (Å²) in [7, 11) is 1.43. The van der Waals surface area contributed by atoms with Crippen molar-refractivity contribution >= 4 is 51.7 Å². The molecule has 1 atom stereocenters. The van der Waals surface area contributed by atoms with E-state index in [2.05, 4.69) is 37.1 Å². The van der Waals surface area contributed by atoms with Crippen LogP contribution in [0, 0.1) is 0 Å². The van der Waals surface area contributed by atoms with E-state index >= 15 is 0 Å². The van der Waals surface area contributed by atoms with E-state index in [0.29, 0.717) is 46.6 Å². The van der Waals surface area contributed by atoms with E-state index in [1.54, 1.807) is 44.2 Å². The van der Waals surface area contributed by atoms with Crippen LogP contribution in [0.2, 0.25) is 5.02 Å². The Kier molecular flexibility index (Phi) is 12.5. The molecular formula is C33H34BrClN4O8. The molecule has 3 aromatic rings. The Balaban J connectivity index is 1.38. The summed E-state index contributed by atoms with van der Waals surface area (Å²) in [6.45, 7) is 5.65. The average Bonchev–Trinajstić information content (AvgIpc) is 3.04. The standard InChI is InChI=1S/C33H34BrClN4O8/c1-5-44-27-14-21(13-24(35)31(27)47-17-20-7-10-23(34)11-8-20)16-36-39-28(40)18-46-25-12-9-22(15-26(25)43-4)30-29(32(41)45-6-2)19(3)37-33(42)38-30/h7-16,30H,5-6,17-18H2,1-4H3,(H,39,40)(H2,37,38,42)/b36-16-/t30-/m0/s1. The Labute approximate surface area is 285 Å². The summed E-state index contributed by atoms with van der Waals surface area (Å²) in [5, 5.41) is 9.66. The summed E-state index contributed by atoms with van der Waals surface area (Å²) in [5.41, 5.74) is 5.14.